The lowest BCUT2D eigenvalue weighted by atomic mass is 10.3. The van der Waals surface area contributed by atoms with Gasteiger partial charge in [-0.05, 0) is 25.2 Å². The topological polar surface area (TPSA) is 84.7 Å². The van der Waals surface area contributed by atoms with Crippen LogP contribution < -0.4 is 15.5 Å². The first kappa shape index (κ1) is 12.8. The average Bonchev–Trinajstić information content (AvgIpc) is 2.28. The van der Waals surface area contributed by atoms with E-state index in [1.807, 2.05) is 0 Å². The number of sulfonamides is 1. The van der Waals surface area contributed by atoms with Gasteiger partial charge in [-0.2, -0.15) is 0 Å². The number of anilines is 2. The molecule has 0 aliphatic rings. The number of nitrogens with zero attached hydrogens (tertiary/aromatic N) is 1. The Kier molecular flexibility index (Phi) is 3.74. The largest absolute Gasteiger partial charge is 0.399 e. The van der Waals surface area contributed by atoms with Crippen molar-refractivity contribution in [2.75, 3.05) is 32.0 Å². The standard InChI is InChI=1S/C9H15N3O3S/c1-11-16(13,14)9-6-7(10)4-5-8(9)12(2)15-3/h4-6,11H,10H2,1-3H3. The van der Waals surface area contributed by atoms with Crippen molar-refractivity contribution in [3.63, 3.8) is 0 Å². The van der Waals surface area contributed by atoms with Crippen molar-refractivity contribution >= 4 is 21.4 Å². The van der Waals surface area contributed by atoms with Crippen molar-refractivity contribution in [2.24, 2.45) is 0 Å². The Balaban J connectivity index is 3.41. The molecule has 0 radical (unpaired) electrons. The third-order valence-corrected chi connectivity index (χ3v) is 3.60. The van der Waals surface area contributed by atoms with E-state index in [-0.39, 0.29) is 4.90 Å². The van der Waals surface area contributed by atoms with E-state index in [0.29, 0.717) is 11.4 Å². The molecule has 0 fully saturated rings. The number of benzene rings is 1. The molecule has 0 spiro atoms. The molecule has 0 aliphatic carbocycles. The molecule has 0 saturated heterocycles. The highest BCUT2D eigenvalue weighted by Gasteiger charge is 2.19. The summed E-state index contributed by atoms with van der Waals surface area (Å²) in [4.78, 5) is 5.04. The van der Waals surface area contributed by atoms with Crippen LogP contribution in [0.2, 0.25) is 0 Å². The highest BCUT2D eigenvalue weighted by molar-refractivity contribution is 7.89. The molecule has 0 bridgehead atoms. The molecule has 0 aliphatic heterocycles. The van der Waals surface area contributed by atoms with Crippen molar-refractivity contribution in [3.8, 4) is 0 Å². The Bertz CT molecular complexity index is 473. The van der Waals surface area contributed by atoms with Gasteiger partial charge in [-0.15, -0.1) is 0 Å². The van der Waals surface area contributed by atoms with E-state index in [4.69, 9.17) is 10.6 Å². The molecule has 0 saturated carbocycles. The van der Waals surface area contributed by atoms with Gasteiger partial charge in [-0.3, -0.25) is 9.90 Å². The molecule has 0 amide bonds. The second-order valence-electron chi connectivity index (χ2n) is 3.11. The minimum Gasteiger partial charge on any atom is -0.399 e. The molecule has 0 heterocycles. The number of hydrogen-bond acceptors (Lipinski definition) is 5. The van der Waals surface area contributed by atoms with E-state index >= 15 is 0 Å². The van der Waals surface area contributed by atoms with E-state index in [0.717, 1.165) is 0 Å². The number of rotatable bonds is 4. The molecule has 90 valence electrons. The molecule has 1 rings (SSSR count). The third-order valence-electron chi connectivity index (χ3n) is 2.16. The van der Waals surface area contributed by atoms with Gasteiger partial charge in [0.1, 0.15) is 4.90 Å². The van der Waals surface area contributed by atoms with E-state index in [1.165, 1.54) is 25.3 Å². The number of nitrogens with two attached hydrogens (primary N) is 1. The van der Waals surface area contributed by atoms with Crippen LogP contribution in [0, 0.1) is 0 Å². The molecule has 0 unspecified atom stereocenters. The smallest absolute Gasteiger partial charge is 0.242 e. The lowest BCUT2D eigenvalue weighted by Crippen LogP contribution is -2.24. The Labute approximate surface area is 95.0 Å². The lowest BCUT2D eigenvalue weighted by molar-refractivity contribution is 0.183. The maximum absolute atomic E-state index is 11.7. The summed E-state index contributed by atoms with van der Waals surface area (Å²) in [6.45, 7) is 0. The Morgan fingerprint density at radius 2 is 2.06 bits per heavy atom. The Hall–Kier alpha value is -1.31. The zero-order valence-electron chi connectivity index (χ0n) is 9.39. The van der Waals surface area contributed by atoms with E-state index < -0.39 is 10.0 Å². The lowest BCUT2D eigenvalue weighted by Gasteiger charge is -2.19. The summed E-state index contributed by atoms with van der Waals surface area (Å²) in [5.74, 6) is 0. The second kappa shape index (κ2) is 4.69. The van der Waals surface area contributed by atoms with E-state index in [9.17, 15) is 8.42 Å². The van der Waals surface area contributed by atoms with Gasteiger partial charge in [0, 0.05) is 12.7 Å². The molecule has 0 aromatic heterocycles. The highest BCUT2D eigenvalue weighted by atomic mass is 32.2. The van der Waals surface area contributed by atoms with Crippen molar-refractivity contribution in [1.82, 2.24) is 4.72 Å². The molecule has 1 aromatic carbocycles. The minimum absolute atomic E-state index is 0.0827. The van der Waals surface area contributed by atoms with Gasteiger partial charge in [-0.25, -0.2) is 13.1 Å². The fraction of sp³-hybridized carbons (Fsp3) is 0.333. The van der Waals surface area contributed by atoms with Crippen molar-refractivity contribution in [3.05, 3.63) is 18.2 Å². The van der Waals surface area contributed by atoms with Gasteiger partial charge < -0.3 is 5.73 Å². The first-order valence-electron chi connectivity index (χ1n) is 4.53. The first-order chi connectivity index (χ1) is 7.42. The van der Waals surface area contributed by atoms with Crippen LogP contribution in [-0.2, 0) is 14.9 Å². The van der Waals surface area contributed by atoms with Gasteiger partial charge in [-0.1, -0.05) is 0 Å². The predicted octanol–water partition coefficient (Wildman–Crippen LogP) is 0.174. The first-order valence-corrected chi connectivity index (χ1v) is 6.01. The fourth-order valence-corrected chi connectivity index (χ4v) is 2.20. The van der Waals surface area contributed by atoms with Crippen LogP contribution in [0.1, 0.15) is 0 Å². The minimum atomic E-state index is -3.56. The predicted molar refractivity (Wildman–Crippen MR) is 62.5 cm³/mol. The normalized spacial score (nSPS) is 11.4. The van der Waals surface area contributed by atoms with Gasteiger partial charge in [0.25, 0.3) is 0 Å². The Morgan fingerprint density at radius 3 is 2.56 bits per heavy atom. The second-order valence-corrected chi connectivity index (χ2v) is 4.97. The van der Waals surface area contributed by atoms with Crippen molar-refractivity contribution in [2.45, 2.75) is 4.90 Å². The SMILES string of the molecule is CNS(=O)(=O)c1cc(N)ccc1N(C)OC. The summed E-state index contributed by atoms with van der Waals surface area (Å²) in [7, 11) is 0.846. The quantitative estimate of drug-likeness (QED) is 0.583. The van der Waals surface area contributed by atoms with Crippen LogP contribution in [0.5, 0.6) is 0 Å². The van der Waals surface area contributed by atoms with Gasteiger partial charge in [0.05, 0.1) is 12.8 Å². The summed E-state index contributed by atoms with van der Waals surface area (Å²) in [5, 5.41) is 1.35. The molecule has 3 N–H and O–H groups in total. The van der Waals surface area contributed by atoms with Crippen LogP contribution in [0.4, 0.5) is 11.4 Å². The van der Waals surface area contributed by atoms with Crippen molar-refractivity contribution < 1.29 is 13.3 Å². The molecule has 0 atom stereocenters. The number of nitrogens with one attached hydrogen (secondary N) is 1. The molecule has 7 heteroatoms. The zero-order valence-corrected chi connectivity index (χ0v) is 10.2. The maximum Gasteiger partial charge on any atom is 0.242 e. The highest BCUT2D eigenvalue weighted by Crippen LogP contribution is 2.26. The Morgan fingerprint density at radius 1 is 1.44 bits per heavy atom. The van der Waals surface area contributed by atoms with E-state index in [2.05, 4.69) is 4.72 Å². The summed E-state index contributed by atoms with van der Waals surface area (Å²) >= 11 is 0. The molecule has 16 heavy (non-hydrogen) atoms. The van der Waals surface area contributed by atoms with Gasteiger partial charge >= 0.3 is 0 Å². The number of hydroxylamine groups is 1. The summed E-state index contributed by atoms with van der Waals surface area (Å²) in [6.07, 6.45) is 0. The molecular formula is C9H15N3O3S. The van der Waals surface area contributed by atoms with Gasteiger partial charge in [0.2, 0.25) is 10.0 Å². The molecular weight excluding hydrogens is 230 g/mol. The summed E-state index contributed by atoms with van der Waals surface area (Å²) < 4.78 is 25.7. The average molecular weight is 245 g/mol. The van der Waals surface area contributed by atoms with Crippen molar-refractivity contribution in [1.29, 1.82) is 0 Å². The summed E-state index contributed by atoms with van der Waals surface area (Å²) in [5.41, 5.74) is 6.37. The fourth-order valence-electron chi connectivity index (χ4n) is 1.21. The maximum atomic E-state index is 11.7. The molecule has 1 aromatic rings. The van der Waals surface area contributed by atoms with E-state index in [1.54, 1.807) is 19.2 Å². The van der Waals surface area contributed by atoms with Crippen LogP contribution >= 0.6 is 0 Å². The van der Waals surface area contributed by atoms with Crippen LogP contribution in [-0.4, -0.2) is 29.6 Å². The monoisotopic (exact) mass is 245 g/mol. The number of nitrogen functional groups attached to an aromatic ring is 1. The summed E-state index contributed by atoms with van der Waals surface area (Å²) in [6, 6.07) is 4.58. The van der Waals surface area contributed by atoms with Crippen LogP contribution in [0.15, 0.2) is 23.1 Å². The zero-order chi connectivity index (χ0) is 12.3. The van der Waals surface area contributed by atoms with Crippen LogP contribution in [0.25, 0.3) is 0 Å². The van der Waals surface area contributed by atoms with Crippen LogP contribution in [0.3, 0.4) is 0 Å². The molecule has 6 nitrogen and oxygen atoms in total. The number of hydrogen-bond donors (Lipinski definition) is 2. The third kappa shape index (κ3) is 2.43. The van der Waals surface area contributed by atoms with Gasteiger partial charge in [0.15, 0.2) is 0 Å².